The van der Waals surface area contributed by atoms with Gasteiger partial charge in [0.2, 0.25) is 0 Å². The Morgan fingerprint density at radius 2 is 2.16 bits per heavy atom. The van der Waals surface area contributed by atoms with Gasteiger partial charge in [-0.15, -0.1) is 11.3 Å². The third kappa shape index (κ3) is 4.04. The van der Waals surface area contributed by atoms with Gasteiger partial charge in [0, 0.05) is 29.5 Å². The van der Waals surface area contributed by atoms with Crippen LogP contribution in [0.4, 0.5) is 0 Å². The Balaban J connectivity index is 1.81. The summed E-state index contributed by atoms with van der Waals surface area (Å²) in [7, 11) is 1.59. The minimum Gasteiger partial charge on any atom is -0.374 e. The number of thiophene rings is 1. The molecule has 5 nitrogen and oxygen atoms in total. The van der Waals surface area contributed by atoms with Crippen LogP contribution in [0.5, 0.6) is 0 Å². The van der Waals surface area contributed by atoms with Crippen molar-refractivity contribution in [3.63, 3.8) is 0 Å². The molecule has 1 fully saturated rings. The molecule has 1 aliphatic rings. The molecule has 0 radical (unpaired) electrons. The summed E-state index contributed by atoms with van der Waals surface area (Å²) in [6, 6.07) is 4.18. The first-order chi connectivity index (χ1) is 9.10. The zero-order chi connectivity index (χ0) is 13.8. The number of hydrogen-bond donors (Lipinski definition) is 2. The fourth-order valence-electron chi connectivity index (χ4n) is 1.67. The van der Waals surface area contributed by atoms with Crippen molar-refractivity contribution in [1.82, 2.24) is 10.6 Å². The summed E-state index contributed by atoms with van der Waals surface area (Å²) in [5.74, 6) is -1.15. The summed E-state index contributed by atoms with van der Waals surface area (Å²) in [5, 5.41) is 5.26. The average molecular weight is 282 g/mol. The maximum atomic E-state index is 11.6. The van der Waals surface area contributed by atoms with Crippen molar-refractivity contribution in [2.45, 2.75) is 31.9 Å². The van der Waals surface area contributed by atoms with Gasteiger partial charge < -0.3 is 15.4 Å². The van der Waals surface area contributed by atoms with Gasteiger partial charge in [-0.1, -0.05) is 0 Å². The number of amides is 2. The number of aryl methyl sites for hydroxylation is 1. The summed E-state index contributed by atoms with van der Waals surface area (Å²) in [6.07, 6.45) is 1.72. The van der Waals surface area contributed by atoms with Gasteiger partial charge in [-0.25, -0.2) is 0 Å². The number of rotatable bonds is 5. The van der Waals surface area contributed by atoms with Gasteiger partial charge in [0.05, 0.1) is 0 Å². The van der Waals surface area contributed by atoms with Crippen LogP contribution in [0.2, 0.25) is 0 Å². The molecule has 0 saturated heterocycles. The molecule has 1 aromatic heterocycles. The van der Waals surface area contributed by atoms with Crippen LogP contribution < -0.4 is 10.6 Å². The molecule has 0 spiro atoms. The van der Waals surface area contributed by atoms with Crippen LogP contribution in [0.1, 0.15) is 28.7 Å². The molecule has 1 aliphatic carbocycles. The molecule has 1 saturated carbocycles. The zero-order valence-electron chi connectivity index (χ0n) is 11.1. The molecule has 0 aromatic carbocycles. The Morgan fingerprint density at radius 1 is 1.42 bits per heavy atom. The molecule has 2 N–H and O–H groups in total. The van der Waals surface area contributed by atoms with E-state index in [0.29, 0.717) is 6.54 Å². The summed E-state index contributed by atoms with van der Waals surface area (Å²) in [6.45, 7) is 2.32. The number of carbonyl (C=O) groups is 2. The molecule has 1 atom stereocenters. The molecule has 0 unspecified atom stereocenters. The van der Waals surface area contributed by atoms with Crippen molar-refractivity contribution < 1.29 is 14.3 Å². The molecule has 0 bridgehead atoms. The topological polar surface area (TPSA) is 67.4 Å². The monoisotopic (exact) mass is 282 g/mol. The maximum Gasteiger partial charge on any atom is 0.309 e. The number of carbonyl (C=O) groups excluding carboxylic acids is 2. The van der Waals surface area contributed by atoms with Crippen LogP contribution in [-0.2, 0) is 14.3 Å². The molecule has 1 heterocycles. The Kier molecular flexibility index (Phi) is 4.55. The highest BCUT2D eigenvalue weighted by molar-refractivity contribution is 7.12. The second kappa shape index (κ2) is 6.16. The van der Waals surface area contributed by atoms with Crippen molar-refractivity contribution in [3.05, 3.63) is 21.9 Å². The lowest BCUT2D eigenvalue weighted by molar-refractivity contribution is -0.139. The van der Waals surface area contributed by atoms with E-state index in [4.69, 9.17) is 4.74 Å². The molecule has 2 amide bonds. The van der Waals surface area contributed by atoms with Crippen LogP contribution in [0.15, 0.2) is 12.1 Å². The molecule has 0 aliphatic heterocycles. The second-order valence-corrected chi connectivity index (χ2v) is 5.95. The number of nitrogens with one attached hydrogen (secondary N) is 2. The van der Waals surface area contributed by atoms with Crippen molar-refractivity contribution >= 4 is 23.2 Å². The first-order valence-corrected chi connectivity index (χ1v) is 7.09. The first-order valence-electron chi connectivity index (χ1n) is 6.28. The van der Waals surface area contributed by atoms with E-state index in [-0.39, 0.29) is 12.1 Å². The Bertz CT molecular complexity index is 468. The van der Waals surface area contributed by atoms with Gasteiger partial charge in [0.15, 0.2) is 0 Å². The van der Waals surface area contributed by atoms with E-state index in [9.17, 15) is 9.59 Å². The molecule has 6 heteroatoms. The van der Waals surface area contributed by atoms with Crippen molar-refractivity contribution in [2.75, 3.05) is 13.7 Å². The normalized spacial score (nSPS) is 15.9. The highest BCUT2D eigenvalue weighted by atomic mass is 32.1. The van der Waals surface area contributed by atoms with Gasteiger partial charge in [-0.3, -0.25) is 9.59 Å². The fourth-order valence-corrected chi connectivity index (χ4v) is 2.63. The third-order valence-electron chi connectivity index (χ3n) is 2.93. The largest absolute Gasteiger partial charge is 0.374 e. The van der Waals surface area contributed by atoms with Crippen LogP contribution in [0.25, 0.3) is 0 Å². The van der Waals surface area contributed by atoms with Crippen LogP contribution in [-0.4, -0.2) is 31.5 Å². The quantitative estimate of drug-likeness (QED) is 0.796. The van der Waals surface area contributed by atoms with E-state index in [0.717, 1.165) is 17.7 Å². The predicted molar refractivity (Wildman–Crippen MR) is 73.0 cm³/mol. The second-order valence-electron chi connectivity index (χ2n) is 4.63. The van der Waals surface area contributed by atoms with Crippen LogP contribution >= 0.6 is 11.3 Å². The smallest absolute Gasteiger partial charge is 0.309 e. The number of methoxy groups -OCH3 is 1. The lowest BCUT2D eigenvalue weighted by Crippen LogP contribution is -2.42. The summed E-state index contributed by atoms with van der Waals surface area (Å²) in [5.41, 5.74) is 0. The van der Waals surface area contributed by atoms with Crippen molar-refractivity contribution in [3.8, 4) is 0 Å². The molecular weight excluding hydrogens is 264 g/mol. The van der Waals surface area contributed by atoms with E-state index in [1.807, 2.05) is 19.1 Å². The van der Waals surface area contributed by atoms with E-state index >= 15 is 0 Å². The Morgan fingerprint density at radius 3 is 2.68 bits per heavy atom. The lowest BCUT2D eigenvalue weighted by Gasteiger charge is -2.14. The van der Waals surface area contributed by atoms with E-state index in [1.165, 1.54) is 4.88 Å². The minimum atomic E-state index is -0.595. The highest BCUT2D eigenvalue weighted by Crippen LogP contribution is 2.24. The minimum absolute atomic E-state index is 0.191. The third-order valence-corrected chi connectivity index (χ3v) is 4.02. The predicted octanol–water partition coefficient (Wildman–Crippen LogP) is 1.14. The summed E-state index contributed by atoms with van der Waals surface area (Å²) in [4.78, 5) is 25.3. The zero-order valence-corrected chi connectivity index (χ0v) is 11.9. The average Bonchev–Trinajstić information content (AvgIpc) is 3.10. The SMILES string of the molecule is CO[C@H](CNC(=O)C(=O)NC1CC1)c1ccc(C)s1. The molecule has 104 valence electrons. The summed E-state index contributed by atoms with van der Waals surface area (Å²) >= 11 is 1.62. The Labute approximate surface area is 116 Å². The molecule has 1 aromatic rings. The van der Waals surface area contributed by atoms with Crippen molar-refractivity contribution in [2.24, 2.45) is 0 Å². The van der Waals surface area contributed by atoms with Gasteiger partial charge >= 0.3 is 11.8 Å². The molecule has 2 rings (SSSR count). The first kappa shape index (κ1) is 14.0. The fraction of sp³-hybridized carbons (Fsp3) is 0.538. The van der Waals surface area contributed by atoms with Crippen LogP contribution in [0, 0.1) is 6.92 Å². The van der Waals surface area contributed by atoms with E-state index < -0.39 is 11.8 Å². The lowest BCUT2D eigenvalue weighted by atomic mass is 10.3. The van der Waals surface area contributed by atoms with Crippen LogP contribution in [0.3, 0.4) is 0 Å². The van der Waals surface area contributed by atoms with E-state index in [1.54, 1.807) is 18.4 Å². The van der Waals surface area contributed by atoms with Gasteiger partial charge in [0.25, 0.3) is 0 Å². The van der Waals surface area contributed by atoms with Gasteiger partial charge in [-0.05, 0) is 31.9 Å². The van der Waals surface area contributed by atoms with Gasteiger partial charge in [0.1, 0.15) is 6.10 Å². The van der Waals surface area contributed by atoms with E-state index in [2.05, 4.69) is 10.6 Å². The molecule has 19 heavy (non-hydrogen) atoms. The van der Waals surface area contributed by atoms with Gasteiger partial charge in [-0.2, -0.15) is 0 Å². The maximum absolute atomic E-state index is 11.6. The number of hydrogen-bond acceptors (Lipinski definition) is 4. The van der Waals surface area contributed by atoms with Crippen molar-refractivity contribution in [1.29, 1.82) is 0 Å². The summed E-state index contributed by atoms with van der Waals surface area (Å²) < 4.78 is 5.34. The number of ether oxygens (including phenoxy) is 1. The standard InChI is InChI=1S/C13H18N2O3S/c1-8-3-6-11(19-8)10(18-2)7-14-12(16)13(17)15-9-4-5-9/h3,6,9-10H,4-5,7H2,1-2H3,(H,14,16)(H,15,17)/t10-/m1/s1. The Hall–Kier alpha value is -1.40. The molecular formula is C13H18N2O3S. The highest BCUT2D eigenvalue weighted by Gasteiger charge is 2.26.